The van der Waals surface area contributed by atoms with Crippen LogP contribution in [0.5, 0.6) is 0 Å². The van der Waals surface area contributed by atoms with Crippen molar-refractivity contribution in [2.24, 2.45) is 0 Å². The minimum atomic E-state index is -0.401. The molecule has 152 valence electrons. The van der Waals surface area contributed by atoms with E-state index in [1.165, 1.54) is 12.1 Å². The second-order valence-electron chi connectivity index (χ2n) is 7.07. The van der Waals surface area contributed by atoms with Crippen molar-refractivity contribution in [1.29, 1.82) is 0 Å². The molecule has 2 heterocycles. The number of rotatable bonds is 6. The van der Waals surface area contributed by atoms with Gasteiger partial charge in [0.1, 0.15) is 0 Å². The zero-order valence-corrected chi connectivity index (χ0v) is 17.1. The van der Waals surface area contributed by atoms with Crippen LogP contribution < -0.4 is 17.0 Å². The van der Waals surface area contributed by atoms with E-state index in [1.807, 2.05) is 60.3 Å². The second-order valence-corrected chi connectivity index (χ2v) is 7.07. The van der Waals surface area contributed by atoms with Crippen LogP contribution in [0.3, 0.4) is 0 Å². The Labute approximate surface area is 179 Å². The second kappa shape index (κ2) is 8.88. The molecule has 0 aliphatic heterocycles. The number of carbonyl (C=O) groups is 1. The van der Waals surface area contributed by atoms with Gasteiger partial charge in [-0.05, 0) is 30.5 Å². The molecule has 6 nitrogen and oxygen atoms in total. The van der Waals surface area contributed by atoms with Crippen molar-refractivity contribution in [3.05, 3.63) is 106 Å². The first-order valence-corrected chi connectivity index (χ1v) is 9.33. The Balaban J connectivity index is 0.00000256. The van der Waals surface area contributed by atoms with Gasteiger partial charge in [0.2, 0.25) is 12.3 Å². The number of fused-ring (bicyclic) bond motifs is 1. The lowest BCUT2D eigenvalue weighted by molar-refractivity contribution is -0.683. The van der Waals surface area contributed by atoms with Gasteiger partial charge in [0.05, 0.1) is 10.5 Å². The molecule has 0 aliphatic rings. The summed E-state index contributed by atoms with van der Waals surface area (Å²) in [4.78, 5) is 26.5. The molecule has 2 aromatic carbocycles. The Hall–Kier alpha value is -3.51. The van der Waals surface area contributed by atoms with Crippen LogP contribution in [-0.2, 0) is 13.0 Å². The van der Waals surface area contributed by atoms with Crippen LogP contribution >= 0.6 is 0 Å². The molecule has 0 radical (unpaired) electrons. The average Bonchev–Trinajstić information content (AvgIpc) is 3.05. The van der Waals surface area contributed by atoms with Crippen LogP contribution in [0.25, 0.3) is 10.9 Å². The number of aryl methyl sites for hydroxylation is 1. The molecule has 30 heavy (non-hydrogen) atoms. The SMILES string of the molecule is Cc1[nH]c2ccccc2c1C(=O)C[n+]1ccc(Cc2ccc([N+](=O)[O-])cc2)cc1.[Cl-]. The maximum absolute atomic E-state index is 12.9. The van der Waals surface area contributed by atoms with Gasteiger partial charge in [0.15, 0.2) is 12.4 Å². The number of nitrogens with one attached hydrogen (secondary N) is 1. The molecule has 7 heteroatoms. The quantitative estimate of drug-likeness (QED) is 0.219. The Bertz CT molecular complexity index is 1200. The third-order valence-corrected chi connectivity index (χ3v) is 5.01. The van der Waals surface area contributed by atoms with E-state index >= 15 is 0 Å². The number of nitrogens with zero attached hydrogens (tertiary/aromatic N) is 2. The van der Waals surface area contributed by atoms with Crippen LogP contribution in [0, 0.1) is 17.0 Å². The summed E-state index contributed by atoms with van der Waals surface area (Å²) in [5.41, 5.74) is 4.75. The Kier molecular flexibility index (Phi) is 6.28. The zero-order chi connectivity index (χ0) is 20.4. The molecule has 4 rings (SSSR count). The monoisotopic (exact) mass is 421 g/mol. The Morgan fingerprint density at radius 2 is 1.63 bits per heavy atom. The Morgan fingerprint density at radius 3 is 2.30 bits per heavy atom. The molecule has 0 unspecified atom stereocenters. The van der Waals surface area contributed by atoms with Crippen LogP contribution in [0.2, 0.25) is 0 Å². The minimum absolute atomic E-state index is 0. The standard InChI is InChI=1S/C23H19N3O3.ClH/c1-16-23(20-4-2-3-5-21(20)24-16)22(27)15-25-12-10-18(11-13-25)14-17-6-8-19(9-7-17)26(28)29;/h2-13H,14-15H2,1H3;1H. The molecule has 0 aliphatic carbocycles. The van der Waals surface area contributed by atoms with Crippen LogP contribution in [0.15, 0.2) is 73.1 Å². The van der Waals surface area contributed by atoms with Gasteiger partial charge in [-0.2, -0.15) is 4.57 Å². The number of ketones is 1. The number of benzene rings is 2. The number of pyridine rings is 1. The molecule has 0 amide bonds. The summed E-state index contributed by atoms with van der Waals surface area (Å²) in [5, 5.41) is 11.7. The fourth-order valence-corrected chi connectivity index (χ4v) is 3.56. The fourth-order valence-electron chi connectivity index (χ4n) is 3.56. The zero-order valence-electron chi connectivity index (χ0n) is 16.3. The smallest absolute Gasteiger partial charge is 0.269 e. The molecule has 0 saturated heterocycles. The summed E-state index contributed by atoms with van der Waals surface area (Å²) >= 11 is 0. The maximum Gasteiger partial charge on any atom is 0.269 e. The average molecular weight is 422 g/mol. The molecule has 0 fully saturated rings. The van der Waals surface area contributed by atoms with Crippen molar-refractivity contribution in [2.45, 2.75) is 19.9 Å². The highest BCUT2D eigenvalue weighted by Crippen LogP contribution is 2.22. The number of aromatic amines is 1. The fraction of sp³-hybridized carbons (Fsp3) is 0.130. The van der Waals surface area contributed by atoms with Crippen molar-refractivity contribution in [3.63, 3.8) is 0 Å². The van der Waals surface area contributed by atoms with Gasteiger partial charge in [-0.3, -0.25) is 14.9 Å². The van der Waals surface area contributed by atoms with Gasteiger partial charge in [-0.15, -0.1) is 0 Å². The van der Waals surface area contributed by atoms with E-state index in [1.54, 1.807) is 12.1 Å². The molecule has 4 aromatic rings. The number of aromatic nitrogens is 2. The van der Waals surface area contributed by atoms with Crippen molar-refractivity contribution < 1.29 is 26.7 Å². The summed E-state index contributed by atoms with van der Waals surface area (Å²) in [7, 11) is 0. The third-order valence-electron chi connectivity index (χ3n) is 5.01. The van der Waals surface area contributed by atoms with Crippen LogP contribution in [-0.4, -0.2) is 15.7 Å². The topological polar surface area (TPSA) is 79.9 Å². The lowest BCUT2D eigenvalue weighted by Gasteiger charge is -2.02. The molecular formula is C23H20ClN3O3. The number of H-pyrrole nitrogens is 1. The van der Waals surface area contributed by atoms with Gasteiger partial charge in [-0.25, -0.2) is 0 Å². The lowest BCUT2D eigenvalue weighted by atomic mass is 10.1. The van der Waals surface area contributed by atoms with Gasteiger partial charge in [0.25, 0.3) is 5.69 Å². The van der Waals surface area contributed by atoms with Gasteiger partial charge in [0, 0.05) is 40.9 Å². The van der Waals surface area contributed by atoms with Crippen molar-refractivity contribution >= 4 is 22.4 Å². The predicted molar refractivity (Wildman–Crippen MR) is 110 cm³/mol. The summed E-state index contributed by atoms with van der Waals surface area (Å²) < 4.78 is 1.86. The lowest BCUT2D eigenvalue weighted by Crippen LogP contribution is -3.00. The third kappa shape index (κ3) is 4.39. The number of nitro benzene ring substituents is 1. The highest BCUT2D eigenvalue weighted by Gasteiger charge is 2.19. The molecular weight excluding hydrogens is 402 g/mol. The molecule has 0 bridgehead atoms. The van der Waals surface area contributed by atoms with Crippen molar-refractivity contribution in [2.75, 3.05) is 0 Å². The first-order chi connectivity index (χ1) is 14.0. The van der Waals surface area contributed by atoms with E-state index < -0.39 is 4.92 Å². The number of hydrogen-bond acceptors (Lipinski definition) is 3. The summed E-state index contributed by atoms with van der Waals surface area (Å²) in [6.45, 7) is 2.19. The molecule has 1 N–H and O–H groups in total. The Morgan fingerprint density at radius 1 is 1.00 bits per heavy atom. The minimum Gasteiger partial charge on any atom is -1.00 e. The number of non-ortho nitro benzene ring substituents is 1. The summed E-state index contributed by atoms with van der Waals surface area (Å²) in [6, 6.07) is 18.3. The van der Waals surface area contributed by atoms with E-state index in [4.69, 9.17) is 0 Å². The maximum atomic E-state index is 12.9. The largest absolute Gasteiger partial charge is 1.00 e. The van der Waals surface area contributed by atoms with E-state index in [0.717, 1.165) is 33.3 Å². The molecule has 2 aromatic heterocycles. The van der Waals surface area contributed by atoms with E-state index in [2.05, 4.69) is 4.98 Å². The van der Waals surface area contributed by atoms with E-state index in [0.29, 0.717) is 6.42 Å². The highest BCUT2D eigenvalue weighted by molar-refractivity contribution is 6.08. The van der Waals surface area contributed by atoms with Gasteiger partial charge in [-0.1, -0.05) is 30.3 Å². The van der Waals surface area contributed by atoms with Crippen LogP contribution in [0.1, 0.15) is 27.2 Å². The number of nitro groups is 1. The molecule has 0 atom stereocenters. The van der Waals surface area contributed by atoms with E-state index in [-0.39, 0.29) is 30.4 Å². The number of hydrogen-bond donors (Lipinski definition) is 1. The predicted octanol–water partition coefficient (Wildman–Crippen LogP) is 1.15. The normalized spacial score (nSPS) is 10.6. The molecule has 0 saturated carbocycles. The van der Waals surface area contributed by atoms with Gasteiger partial charge < -0.3 is 17.4 Å². The van der Waals surface area contributed by atoms with Crippen molar-refractivity contribution in [1.82, 2.24) is 4.98 Å². The number of carbonyl (C=O) groups excluding carboxylic acids is 1. The number of halogens is 1. The first-order valence-electron chi connectivity index (χ1n) is 9.33. The number of Topliss-reactive ketones (excluding diaryl/α,β-unsaturated/α-hetero) is 1. The summed E-state index contributed by atoms with van der Waals surface area (Å²) in [6.07, 6.45) is 4.46. The van der Waals surface area contributed by atoms with Crippen molar-refractivity contribution in [3.8, 4) is 0 Å². The highest BCUT2D eigenvalue weighted by atomic mass is 35.5. The van der Waals surface area contributed by atoms with Crippen LogP contribution in [0.4, 0.5) is 5.69 Å². The first kappa shape index (κ1) is 21.2. The van der Waals surface area contributed by atoms with E-state index in [9.17, 15) is 14.9 Å². The number of para-hydroxylation sites is 1. The molecule has 0 spiro atoms. The van der Waals surface area contributed by atoms with Gasteiger partial charge >= 0.3 is 0 Å². The summed E-state index contributed by atoms with van der Waals surface area (Å²) in [5.74, 6) is 0.0630.